The number of rotatable bonds is 5. The Morgan fingerprint density at radius 2 is 1.69 bits per heavy atom. The number of carbonyl (C=O) groups is 2. The number of ether oxygens (including phenoxy) is 1. The molecule has 1 heterocycles. The second-order valence-corrected chi connectivity index (χ2v) is 10.1. The van der Waals surface area contributed by atoms with Gasteiger partial charge in [-0.2, -0.15) is 0 Å². The number of Topliss-reactive ketones (excluding diaryl/α,β-unsaturated/α-hetero) is 1. The van der Waals surface area contributed by atoms with Gasteiger partial charge in [-0.15, -0.1) is 0 Å². The Kier molecular flexibility index (Phi) is 6.38. The van der Waals surface area contributed by atoms with Gasteiger partial charge in [-0.25, -0.2) is 0 Å². The molecule has 3 aromatic carbocycles. The maximum Gasteiger partial charge on any atom is 0.315 e. The van der Waals surface area contributed by atoms with Crippen molar-refractivity contribution in [3.05, 3.63) is 95.2 Å². The van der Waals surface area contributed by atoms with Crippen molar-refractivity contribution in [1.29, 1.82) is 0 Å². The maximum absolute atomic E-state index is 13.8. The van der Waals surface area contributed by atoms with E-state index in [1.165, 1.54) is 0 Å². The smallest absolute Gasteiger partial charge is 0.315 e. The molecular weight excluding hydrogens is 434 g/mol. The Labute approximate surface area is 206 Å². The SMILES string of the molecule is CC1=NC2=C(C(=O)C[C@@H](c3ccccc3)C2)[C@H](c2cccc3ccccc23)C1C(=O)OCC(C)C. The molecule has 3 aromatic rings. The Hall–Kier alpha value is -3.53. The minimum atomic E-state index is -0.615. The first-order valence-corrected chi connectivity index (χ1v) is 12.4. The number of benzene rings is 3. The van der Waals surface area contributed by atoms with Crippen molar-refractivity contribution in [2.45, 2.75) is 45.4 Å². The average Bonchev–Trinajstić information content (AvgIpc) is 2.86. The molecule has 2 aliphatic rings. The highest BCUT2D eigenvalue weighted by atomic mass is 16.5. The Bertz CT molecular complexity index is 1330. The molecule has 0 radical (unpaired) electrons. The molecule has 1 aliphatic carbocycles. The number of esters is 1. The molecule has 0 fully saturated rings. The molecule has 0 saturated carbocycles. The fourth-order valence-corrected chi connectivity index (χ4v) is 5.52. The first-order valence-electron chi connectivity index (χ1n) is 12.4. The minimum Gasteiger partial charge on any atom is -0.465 e. The maximum atomic E-state index is 13.8. The van der Waals surface area contributed by atoms with Crippen molar-refractivity contribution in [3.8, 4) is 0 Å². The van der Waals surface area contributed by atoms with Crippen molar-refractivity contribution in [2.75, 3.05) is 6.61 Å². The van der Waals surface area contributed by atoms with Crippen LogP contribution in [0.5, 0.6) is 0 Å². The van der Waals surface area contributed by atoms with Crippen LogP contribution in [0.2, 0.25) is 0 Å². The summed E-state index contributed by atoms with van der Waals surface area (Å²) < 4.78 is 5.73. The van der Waals surface area contributed by atoms with E-state index in [0.29, 0.717) is 25.0 Å². The summed E-state index contributed by atoms with van der Waals surface area (Å²) in [5, 5.41) is 2.15. The minimum absolute atomic E-state index is 0.0796. The van der Waals surface area contributed by atoms with Crippen molar-refractivity contribution >= 4 is 28.2 Å². The van der Waals surface area contributed by atoms with Crippen molar-refractivity contribution < 1.29 is 14.3 Å². The topological polar surface area (TPSA) is 55.7 Å². The monoisotopic (exact) mass is 465 g/mol. The number of ketones is 1. The first kappa shape index (κ1) is 23.2. The van der Waals surface area contributed by atoms with Crippen LogP contribution in [0, 0.1) is 11.8 Å². The van der Waals surface area contributed by atoms with Gasteiger partial charge in [0.2, 0.25) is 0 Å². The predicted octanol–water partition coefficient (Wildman–Crippen LogP) is 6.61. The van der Waals surface area contributed by atoms with Crippen molar-refractivity contribution in [2.24, 2.45) is 16.8 Å². The van der Waals surface area contributed by atoms with Gasteiger partial charge in [0.05, 0.1) is 6.61 Å². The number of nitrogens with zero attached hydrogens (tertiary/aromatic N) is 1. The molecule has 0 saturated heterocycles. The highest BCUT2D eigenvalue weighted by molar-refractivity contribution is 6.10. The van der Waals surface area contributed by atoms with E-state index in [1.807, 2.05) is 57.2 Å². The summed E-state index contributed by atoms with van der Waals surface area (Å²) in [4.78, 5) is 32.1. The van der Waals surface area contributed by atoms with Crippen molar-refractivity contribution in [1.82, 2.24) is 0 Å². The molecule has 4 nitrogen and oxygen atoms in total. The number of hydrogen-bond donors (Lipinski definition) is 0. The third-order valence-corrected chi connectivity index (χ3v) is 7.13. The van der Waals surface area contributed by atoms with Gasteiger partial charge in [-0.05, 0) is 47.1 Å². The average molecular weight is 466 g/mol. The second kappa shape index (κ2) is 9.61. The lowest BCUT2D eigenvalue weighted by atomic mass is 9.68. The summed E-state index contributed by atoms with van der Waals surface area (Å²) in [5.74, 6) is -0.920. The summed E-state index contributed by atoms with van der Waals surface area (Å²) in [6.45, 7) is 6.29. The molecule has 178 valence electrons. The van der Waals surface area contributed by atoms with Gasteiger partial charge in [-0.3, -0.25) is 14.6 Å². The zero-order valence-corrected chi connectivity index (χ0v) is 20.5. The molecule has 0 aromatic heterocycles. The lowest BCUT2D eigenvalue weighted by Crippen LogP contribution is -2.38. The molecule has 35 heavy (non-hydrogen) atoms. The number of fused-ring (bicyclic) bond motifs is 1. The summed E-state index contributed by atoms with van der Waals surface area (Å²) in [5.41, 5.74) is 4.37. The van der Waals surface area contributed by atoms with Gasteiger partial charge >= 0.3 is 5.97 Å². The normalized spacial score (nSPS) is 22.2. The van der Waals surface area contributed by atoms with E-state index in [9.17, 15) is 9.59 Å². The predicted molar refractivity (Wildman–Crippen MR) is 140 cm³/mol. The molecule has 0 amide bonds. The largest absolute Gasteiger partial charge is 0.465 e. The molecule has 3 atom stereocenters. The molecule has 1 unspecified atom stereocenters. The van der Waals surface area contributed by atoms with E-state index in [1.54, 1.807) is 0 Å². The fourth-order valence-electron chi connectivity index (χ4n) is 5.52. The number of carbonyl (C=O) groups excluding carboxylic acids is 2. The molecule has 4 heteroatoms. The van der Waals surface area contributed by atoms with Crippen LogP contribution in [-0.4, -0.2) is 24.1 Å². The van der Waals surface area contributed by atoms with E-state index >= 15 is 0 Å². The van der Waals surface area contributed by atoms with Gasteiger partial charge < -0.3 is 4.74 Å². The van der Waals surface area contributed by atoms with E-state index in [2.05, 4.69) is 36.4 Å². The van der Waals surface area contributed by atoms with Crippen LogP contribution in [0.1, 0.15) is 56.6 Å². The Balaban J connectivity index is 1.64. The van der Waals surface area contributed by atoms with Crippen LogP contribution in [0.3, 0.4) is 0 Å². The number of allylic oxidation sites excluding steroid dienone is 2. The van der Waals surface area contributed by atoms with Gasteiger partial charge in [0.15, 0.2) is 5.78 Å². The van der Waals surface area contributed by atoms with Gasteiger partial charge in [-0.1, -0.05) is 86.6 Å². The molecule has 1 aliphatic heterocycles. The van der Waals surface area contributed by atoms with Crippen LogP contribution in [0.4, 0.5) is 0 Å². The highest BCUT2D eigenvalue weighted by Crippen LogP contribution is 2.48. The van der Waals surface area contributed by atoms with Gasteiger partial charge in [0.1, 0.15) is 5.92 Å². The lowest BCUT2D eigenvalue weighted by molar-refractivity contribution is -0.147. The van der Waals surface area contributed by atoms with Crippen LogP contribution in [-0.2, 0) is 14.3 Å². The zero-order chi connectivity index (χ0) is 24.5. The zero-order valence-electron chi connectivity index (χ0n) is 20.5. The van der Waals surface area contributed by atoms with Crippen molar-refractivity contribution in [3.63, 3.8) is 0 Å². The quantitative estimate of drug-likeness (QED) is 0.398. The Morgan fingerprint density at radius 1 is 0.971 bits per heavy atom. The fraction of sp³-hybridized carbons (Fsp3) is 0.323. The second-order valence-electron chi connectivity index (χ2n) is 10.1. The molecule has 0 N–H and O–H groups in total. The van der Waals surface area contributed by atoms with E-state index in [-0.39, 0.29) is 23.6 Å². The van der Waals surface area contributed by atoms with Crippen LogP contribution < -0.4 is 0 Å². The van der Waals surface area contributed by atoms with Crippen LogP contribution in [0.25, 0.3) is 10.8 Å². The number of aliphatic imine (C=N–C) groups is 1. The standard InChI is InChI=1S/C31H31NO3/c1-19(2)18-35-31(34)28-20(3)32-26-16-23(21-10-5-4-6-11-21)17-27(33)30(26)29(28)25-15-9-13-22-12-7-8-14-24(22)25/h4-15,19,23,28-29H,16-18H2,1-3H3/t23-,28?,29+/m0/s1. The highest BCUT2D eigenvalue weighted by Gasteiger charge is 2.45. The molecule has 5 rings (SSSR count). The lowest BCUT2D eigenvalue weighted by Gasteiger charge is -2.37. The van der Waals surface area contributed by atoms with Gasteiger partial charge in [0, 0.05) is 29.3 Å². The van der Waals surface area contributed by atoms with Crippen LogP contribution in [0.15, 0.2) is 89.1 Å². The third-order valence-electron chi connectivity index (χ3n) is 7.13. The summed E-state index contributed by atoms with van der Waals surface area (Å²) >= 11 is 0. The molecular formula is C31H31NO3. The third kappa shape index (κ3) is 4.45. The molecule has 0 spiro atoms. The number of hydrogen-bond acceptors (Lipinski definition) is 4. The van der Waals surface area contributed by atoms with E-state index < -0.39 is 11.8 Å². The Morgan fingerprint density at radius 3 is 2.46 bits per heavy atom. The first-order chi connectivity index (χ1) is 16.9. The van der Waals surface area contributed by atoms with Crippen LogP contribution >= 0.6 is 0 Å². The van der Waals surface area contributed by atoms with E-state index in [4.69, 9.17) is 9.73 Å². The summed E-state index contributed by atoms with van der Waals surface area (Å²) in [6, 6.07) is 24.5. The summed E-state index contributed by atoms with van der Waals surface area (Å²) in [7, 11) is 0. The van der Waals surface area contributed by atoms with E-state index in [0.717, 1.165) is 33.3 Å². The van der Waals surface area contributed by atoms with Gasteiger partial charge in [0.25, 0.3) is 0 Å². The summed E-state index contributed by atoms with van der Waals surface area (Å²) in [6.07, 6.45) is 1.11. The molecule has 0 bridgehead atoms.